The van der Waals surface area contributed by atoms with Crippen LogP contribution in [-0.4, -0.2) is 20.6 Å². The third-order valence-electron chi connectivity index (χ3n) is 2.69. The molecule has 0 aliphatic carbocycles. The van der Waals surface area contributed by atoms with Crippen LogP contribution >= 0.6 is 0 Å². The molecule has 0 unspecified atom stereocenters. The number of benzene rings is 1. The van der Waals surface area contributed by atoms with Crippen LogP contribution in [0.2, 0.25) is 0 Å². The van der Waals surface area contributed by atoms with Gasteiger partial charge in [0.05, 0.1) is 11.0 Å². The van der Waals surface area contributed by atoms with Crippen molar-refractivity contribution in [1.82, 2.24) is 9.55 Å². The molecule has 0 spiro atoms. The number of nitrogens with zero attached hydrogens (tertiary/aromatic N) is 2. The van der Waals surface area contributed by atoms with Crippen LogP contribution in [0, 0.1) is 13.8 Å². The second kappa shape index (κ2) is 3.08. The Morgan fingerprint density at radius 3 is 2.53 bits per heavy atom. The highest BCUT2D eigenvalue weighted by molar-refractivity contribution is 5.90. The van der Waals surface area contributed by atoms with Gasteiger partial charge < -0.3 is 9.67 Å². The molecule has 2 rings (SSSR count). The summed E-state index contributed by atoms with van der Waals surface area (Å²) in [5.41, 5.74) is 3.86. The molecule has 1 heterocycles. The lowest BCUT2D eigenvalue weighted by Gasteiger charge is -2.00. The van der Waals surface area contributed by atoms with E-state index in [2.05, 4.69) is 4.98 Å². The first-order valence-corrected chi connectivity index (χ1v) is 4.67. The fraction of sp³-hybridized carbons (Fsp3) is 0.273. The summed E-state index contributed by atoms with van der Waals surface area (Å²) in [6.07, 6.45) is 0. The zero-order valence-corrected chi connectivity index (χ0v) is 8.90. The molecule has 0 saturated carbocycles. The Balaban J connectivity index is 2.83. The molecule has 4 nitrogen and oxygen atoms in total. The van der Waals surface area contributed by atoms with E-state index in [1.54, 1.807) is 11.6 Å². The SMILES string of the molecule is Cc1cc2nc(C(=O)O)n(C)c2cc1C. The van der Waals surface area contributed by atoms with Crippen molar-refractivity contribution in [3.63, 3.8) is 0 Å². The van der Waals surface area contributed by atoms with Gasteiger partial charge in [-0.2, -0.15) is 0 Å². The number of carbonyl (C=O) groups is 1. The summed E-state index contributed by atoms with van der Waals surface area (Å²) in [4.78, 5) is 15.0. The van der Waals surface area contributed by atoms with E-state index in [0.29, 0.717) is 0 Å². The van der Waals surface area contributed by atoms with Crippen LogP contribution in [0.25, 0.3) is 11.0 Å². The van der Waals surface area contributed by atoms with Crippen molar-refractivity contribution in [2.24, 2.45) is 7.05 Å². The van der Waals surface area contributed by atoms with E-state index >= 15 is 0 Å². The van der Waals surface area contributed by atoms with Gasteiger partial charge in [-0.1, -0.05) is 0 Å². The van der Waals surface area contributed by atoms with E-state index in [0.717, 1.165) is 22.2 Å². The van der Waals surface area contributed by atoms with Crippen molar-refractivity contribution in [3.05, 3.63) is 29.1 Å². The number of hydrogen-bond acceptors (Lipinski definition) is 2. The fourth-order valence-corrected chi connectivity index (χ4v) is 1.64. The Labute approximate surface area is 87.2 Å². The summed E-state index contributed by atoms with van der Waals surface area (Å²) in [7, 11) is 1.72. The van der Waals surface area contributed by atoms with Gasteiger partial charge in [-0.15, -0.1) is 0 Å². The number of fused-ring (bicyclic) bond motifs is 1. The Morgan fingerprint density at radius 2 is 1.93 bits per heavy atom. The van der Waals surface area contributed by atoms with Crippen molar-refractivity contribution in [2.45, 2.75) is 13.8 Å². The zero-order valence-electron chi connectivity index (χ0n) is 8.90. The molecule has 0 amide bonds. The number of carboxylic acids is 1. The molecule has 0 atom stereocenters. The molecule has 0 fully saturated rings. The molecule has 1 aromatic heterocycles. The van der Waals surface area contributed by atoms with Crippen LogP contribution in [-0.2, 0) is 7.05 Å². The van der Waals surface area contributed by atoms with Crippen molar-refractivity contribution in [3.8, 4) is 0 Å². The topological polar surface area (TPSA) is 55.1 Å². The highest BCUT2D eigenvalue weighted by Crippen LogP contribution is 2.19. The summed E-state index contributed by atoms with van der Waals surface area (Å²) in [5.74, 6) is -0.918. The maximum absolute atomic E-state index is 10.9. The van der Waals surface area contributed by atoms with E-state index in [9.17, 15) is 4.79 Å². The molecule has 2 aromatic rings. The second-order valence-electron chi connectivity index (χ2n) is 3.72. The molecule has 0 radical (unpaired) electrons. The molecule has 0 saturated heterocycles. The molecular formula is C11H12N2O2. The first-order chi connectivity index (χ1) is 7.00. The third-order valence-corrected chi connectivity index (χ3v) is 2.69. The first kappa shape index (κ1) is 9.71. The van der Waals surface area contributed by atoms with Gasteiger partial charge in [-0.3, -0.25) is 0 Å². The van der Waals surface area contributed by atoms with Gasteiger partial charge in [0.1, 0.15) is 0 Å². The molecule has 1 aromatic carbocycles. The number of aryl methyl sites for hydroxylation is 3. The lowest BCUT2D eigenvalue weighted by atomic mass is 10.1. The van der Waals surface area contributed by atoms with E-state index in [4.69, 9.17) is 5.11 Å². The van der Waals surface area contributed by atoms with Crippen molar-refractivity contribution in [2.75, 3.05) is 0 Å². The Bertz CT molecular complexity index is 555. The number of carboxylic acid groups (broad SMARTS) is 1. The lowest BCUT2D eigenvalue weighted by Crippen LogP contribution is -2.05. The number of rotatable bonds is 1. The van der Waals surface area contributed by atoms with Crippen molar-refractivity contribution >= 4 is 17.0 Å². The van der Waals surface area contributed by atoms with E-state index in [1.807, 2.05) is 26.0 Å². The van der Waals surface area contributed by atoms with Gasteiger partial charge in [0.15, 0.2) is 0 Å². The molecule has 15 heavy (non-hydrogen) atoms. The van der Waals surface area contributed by atoms with Crippen LogP contribution in [0.15, 0.2) is 12.1 Å². The van der Waals surface area contributed by atoms with Crippen LogP contribution in [0.4, 0.5) is 0 Å². The fourth-order valence-electron chi connectivity index (χ4n) is 1.64. The Morgan fingerprint density at radius 1 is 1.33 bits per heavy atom. The van der Waals surface area contributed by atoms with Gasteiger partial charge in [-0.25, -0.2) is 9.78 Å². The van der Waals surface area contributed by atoms with Gasteiger partial charge in [0.2, 0.25) is 5.82 Å². The first-order valence-electron chi connectivity index (χ1n) is 4.67. The normalized spacial score (nSPS) is 10.9. The smallest absolute Gasteiger partial charge is 0.372 e. The molecule has 4 heteroatoms. The van der Waals surface area contributed by atoms with Crippen LogP contribution in [0.3, 0.4) is 0 Å². The van der Waals surface area contributed by atoms with Crippen molar-refractivity contribution in [1.29, 1.82) is 0 Å². The minimum absolute atomic E-state index is 0.0787. The predicted octanol–water partition coefficient (Wildman–Crippen LogP) is 1.89. The molecule has 78 valence electrons. The number of aromatic carboxylic acids is 1. The van der Waals surface area contributed by atoms with Crippen LogP contribution in [0.5, 0.6) is 0 Å². The van der Waals surface area contributed by atoms with Crippen LogP contribution < -0.4 is 0 Å². The summed E-state index contributed by atoms with van der Waals surface area (Å²) in [6, 6.07) is 3.88. The molecule has 1 N–H and O–H groups in total. The standard InChI is InChI=1S/C11H12N2O2/c1-6-4-8-9(5-7(6)2)13(3)10(12-8)11(14)15/h4-5H,1-3H3,(H,14,15). The van der Waals surface area contributed by atoms with Gasteiger partial charge in [0.25, 0.3) is 0 Å². The monoisotopic (exact) mass is 204 g/mol. The minimum Gasteiger partial charge on any atom is -0.475 e. The van der Waals surface area contributed by atoms with E-state index < -0.39 is 5.97 Å². The third kappa shape index (κ3) is 1.38. The summed E-state index contributed by atoms with van der Waals surface area (Å²) >= 11 is 0. The zero-order chi connectivity index (χ0) is 11.2. The van der Waals surface area contributed by atoms with E-state index in [-0.39, 0.29) is 5.82 Å². The average Bonchev–Trinajstić information content (AvgIpc) is 2.46. The maximum Gasteiger partial charge on any atom is 0.372 e. The number of hydrogen-bond donors (Lipinski definition) is 1. The molecule has 0 bridgehead atoms. The second-order valence-corrected chi connectivity index (χ2v) is 3.72. The van der Waals surface area contributed by atoms with Crippen molar-refractivity contribution < 1.29 is 9.90 Å². The highest BCUT2D eigenvalue weighted by atomic mass is 16.4. The summed E-state index contributed by atoms with van der Waals surface area (Å²) in [5, 5.41) is 8.92. The minimum atomic E-state index is -0.996. The lowest BCUT2D eigenvalue weighted by molar-refractivity contribution is 0.0680. The number of aromatic nitrogens is 2. The van der Waals surface area contributed by atoms with E-state index in [1.165, 1.54) is 0 Å². The highest BCUT2D eigenvalue weighted by Gasteiger charge is 2.14. The predicted molar refractivity (Wildman–Crippen MR) is 57.1 cm³/mol. The average molecular weight is 204 g/mol. The largest absolute Gasteiger partial charge is 0.475 e. The maximum atomic E-state index is 10.9. The Hall–Kier alpha value is -1.84. The van der Waals surface area contributed by atoms with Gasteiger partial charge >= 0.3 is 5.97 Å². The number of imidazole rings is 1. The molecule has 0 aliphatic heterocycles. The van der Waals surface area contributed by atoms with Crippen LogP contribution in [0.1, 0.15) is 21.7 Å². The summed E-state index contributed by atoms with van der Waals surface area (Å²) in [6.45, 7) is 3.99. The molecule has 0 aliphatic rings. The van der Waals surface area contributed by atoms with Gasteiger partial charge in [-0.05, 0) is 37.1 Å². The molecular weight excluding hydrogens is 192 g/mol. The quantitative estimate of drug-likeness (QED) is 0.771. The van der Waals surface area contributed by atoms with Gasteiger partial charge in [0, 0.05) is 7.05 Å². The summed E-state index contributed by atoms with van der Waals surface area (Å²) < 4.78 is 1.60. The Kier molecular flexibility index (Phi) is 2.00.